The van der Waals surface area contributed by atoms with E-state index in [4.69, 9.17) is 5.26 Å². The van der Waals surface area contributed by atoms with Crippen LogP contribution in [0.15, 0.2) is 78.9 Å². The summed E-state index contributed by atoms with van der Waals surface area (Å²) in [7, 11) is 0. The molecule has 128 valence electrons. The minimum absolute atomic E-state index is 0.330. The fourth-order valence-electron chi connectivity index (χ4n) is 2.59. The van der Waals surface area contributed by atoms with Gasteiger partial charge in [0.2, 0.25) is 0 Å². The van der Waals surface area contributed by atoms with Gasteiger partial charge in [0.15, 0.2) is 6.19 Å². The van der Waals surface area contributed by atoms with Crippen LogP contribution in [0.2, 0.25) is 0 Å². The molecule has 0 aliphatic heterocycles. The van der Waals surface area contributed by atoms with Crippen LogP contribution in [-0.2, 0) is 11.3 Å². The SMILES string of the molecule is N#CN(c1ccccc1-c1ccc(C=Cc2ccccc2)cc1)S(=O)[O-]. The van der Waals surface area contributed by atoms with Gasteiger partial charge in [0.25, 0.3) is 0 Å². The van der Waals surface area contributed by atoms with Crippen LogP contribution in [0.25, 0.3) is 23.3 Å². The third kappa shape index (κ3) is 4.06. The Bertz CT molecular complexity index is 977. The van der Waals surface area contributed by atoms with Crippen LogP contribution in [0.4, 0.5) is 5.69 Å². The first kappa shape index (κ1) is 17.6. The third-order valence-electron chi connectivity index (χ3n) is 3.85. The molecule has 3 aromatic carbocycles. The Morgan fingerprint density at radius 3 is 2.04 bits per heavy atom. The van der Waals surface area contributed by atoms with Gasteiger partial charge >= 0.3 is 0 Å². The third-order valence-corrected chi connectivity index (χ3v) is 4.43. The predicted molar refractivity (Wildman–Crippen MR) is 104 cm³/mol. The average molecular weight is 359 g/mol. The summed E-state index contributed by atoms with van der Waals surface area (Å²) in [6.07, 6.45) is 5.73. The second-order valence-electron chi connectivity index (χ2n) is 5.49. The maximum atomic E-state index is 11.3. The lowest BCUT2D eigenvalue weighted by Gasteiger charge is -2.20. The molecule has 0 fully saturated rings. The fourth-order valence-corrected chi connectivity index (χ4v) is 2.98. The molecule has 0 saturated heterocycles. The zero-order chi connectivity index (χ0) is 18.4. The van der Waals surface area contributed by atoms with Gasteiger partial charge in [-0.05, 0) is 22.8 Å². The molecule has 1 unspecified atom stereocenters. The Kier molecular flexibility index (Phi) is 5.59. The van der Waals surface area contributed by atoms with E-state index in [0.717, 1.165) is 16.7 Å². The first-order valence-corrected chi connectivity index (χ1v) is 8.94. The van der Waals surface area contributed by atoms with Crippen molar-refractivity contribution in [1.29, 1.82) is 5.26 Å². The molecule has 0 aliphatic rings. The Morgan fingerprint density at radius 1 is 0.846 bits per heavy atom. The zero-order valence-electron chi connectivity index (χ0n) is 13.8. The van der Waals surface area contributed by atoms with Crippen LogP contribution in [0.1, 0.15) is 11.1 Å². The highest BCUT2D eigenvalue weighted by molar-refractivity contribution is 7.80. The summed E-state index contributed by atoms with van der Waals surface area (Å²) in [6, 6.07) is 24.6. The Hall–Kier alpha value is -3.20. The van der Waals surface area contributed by atoms with Gasteiger partial charge in [-0.1, -0.05) is 84.9 Å². The zero-order valence-corrected chi connectivity index (χ0v) is 14.6. The van der Waals surface area contributed by atoms with Crippen LogP contribution in [-0.4, -0.2) is 8.76 Å². The number of rotatable bonds is 5. The van der Waals surface area contributed by atoms with Crippen molar-refractivity contribution >= 4 is 29.1 Å². The number of nitriles is 1. The molecule has 0 heterocycles. The van der Waals surface area contributed by atoms with Crippen molar-refractivity contribution in [3.63, 3.8) is 0 Å². The summed E-state index contributed by atoms with van der Waals surface area (Å²) in [4.78, 5) is 0. The summed E-state index contributed by atoms with van der Waals surface area (Å²) < 4.78 is 23.2. The molecule has 0 radical (unpaired) electrons. The van der Waals surface area contributed by atoms with Gasteiger partial charge in [0, 0.05) is 5.56 Å². The average Bonchev–Trinajstić information content (AvgIpc) is 2.68. The van der Waals surface area contributed by atoms with Crippen molar-refractivity contribution in [3.8, 4) is 17.3 Å². The van der Waals surface area contributed by atoms with E-state index in [-0.39, 0.29) is 0 Å². The van der Waals surface area contributed by atoms with Crippen LogP contribution in [0.5, 0.6) is 0 Å². The van der Waals surface area contributed by atoms with Crippen molar-refractivity contribution in [1.82, 2.24) is 0 Å². The smallest absolute Gasteiger partial charge is 0.196 e. The van der Waals surface area contributed by atoms with Crippen molar-refractivity contribution in [2.75, 3.05) is 4.31 Å². The molecule has 1 atom stereocenters. The van der Waals surface area contributed by atoms with Gasteiger partial charge in [-0.3, -0.25) is 4.21 Å². The molecule has 3 rings (SSSR count). The van der Waals surface area contributed by atoms with Gasteiger partial charge in [-0.15, -0.1) is 0 Å². The van der Waals surface area contributed by atoms with E-state index >= 15 is 0 Å². The standard InChI is InChI=1S/C21H16N2O2S/c22-16-23(26(24)25)21-9-5-4-8-20(21)19-14-12-18(13-15-19)11-10-17-6-2-1-3-7-17/h1-15H,(H,24,25)/p-1. The number of benzene rings is 3. The van der Waals surface area contributed by atoms with Crippen molar-refractivity contribution in [2.45, 2.75) is 0 Å². The van der Waals surface area contributed by atoms with Crippen LogP contribution >= 0.6 is 0 Å². The van der Waals surface area contributed by atoms with E-state index in [0.29, 0.717) is 15.6 Å². The molecule has 0 spiro atoms. The highest BCUT2D eigenvalue weighted by Gasteiger charge is 2.12. The lowest BCUT2D eigenvalue weighted by molar-refractivity contribution is 0.537. The molecule has 4 nitrogen and oxygen atoms in total. The predicted octanol–water partition coefficient (Wildman–Crippen LogP) is 4.61. The topological polar surface area (TPSA) is 67.2 Å². The van der Waals surface area contributed by atoms with Crippen LogP contribution in [0, 0.1) is 11.5 Å². The van der Waals surface area contributed by atoms with E-state index in [1.807, 2.05) is 72.8 Å². The van der Waals surface area contributed by atoms with E-state index < -0.39 is 11.3 Å². The number of anilines is 1. The highest BCUT2D eigenvalue weighted by Crippen LogP contribution is 2.31. The summed E-state index contributed by atoms with van der Waals surface area (Å²) in [5, 5.41) is 9.12. The fraction of sp³-hybridized carbons (Fsp3) is 0. The number of para-hydroxylation sites is 1. The van der Waals surface area contributed by atoms with Gasteiger partial charge in [0.05, 0.1) is 17.0 Å². The second kappa shape index (κ2) is 8.26. The first-order valence-electron chi connectivity index (χ1n) is 7.91. The van der Waals surface area contributed by atoms with E-state index in [1.165, 1.54) is 0 Å². The summed E-state index contributed by atoms with van der Waals surface area (Å²) in [6.45, 7) is 0. The second-order valence-corrected chi connectivity index (χ2v) is 6.29. The molecular weight excluding hydrogens is 344 g/mol. The molecule has 26 heavy (non-hydrogen) atoms. The van der Waals surface area contributed by atoms with Crippen molar-refractivity contribution in [2.24, 2.45) is 0 Å². The first-order chi connectivity index (χ1) is 12.7. The largest absolute Gasteiger partial charge is 0.754 e. The minimum Gasteiger partial charge on any atom is -0.754 e. The van der Waals surface area contributed by atoms with Gasteiger partial charge in [0.1, 0.15) is 0 Å². The van der Waals surface area contributed by atoms with E-state index in [9.17, 15) is 8.76 Å². The van der Waals surface area contributed by atoms with E-state index in [2.05, 4.69) is 0 Å². The molecule has 0 aliphatic carbocycles. The molecule has 5 heteroatoms. The molecule has 0 N–H and O–H groups in total. The molecular formula is C21H15N2O2S-. The van der Waals surface area contributed by atoms with Gasteiger partial charge in [-0.25, -0.2) is 4.31 Å². The van der Waals surface area contributed by atoms with Crippen molar-refractivity contribution in [3.05, 3.63) is 90.0 Å². The molecule has 0 aromatic heterocycles. The Morgan fingerprint density at radius 2 is 1.42 bits per heavy atom. The molecule has 0 saturated carbocycles. The van der Waals surface area contributed by atoms with Crippen LogP contribution < -0.4 is 4.31 Å². The summed E-state index contributed by atoms with van der Waals surface area (Å²) in [5.41, 5.74) is 3.99. The normalized spacial score (nSPS) is 11.8. The maximum Gasteiger partial charge on any atom is 0.196 e. The minimum atomic E-state index is -2.66. The monoisotopic (exact) mass is 359 g/mol. The van der Waals surface area contributed by atoms with Crippen molar-refractivity contribution < 1.29 is 8.76 Å². The van der Waals surface area contributed by atoms with Gasteiger partial charge < -0.3 is 4.55 Å². The Labute approximate surface area is 155 Å². The van der Waals surface area contributed by atoms with Crippen LogP contribution in [0.3, 0.4) is 0 Å². The summed E-state index contributed by atoms with van der Waals surface area (Å²) in [5.74, 6) is 0. The summed E-state index contributed by atoms with van der Waals surface area (Å²) >= 11 is -2.66. The molecule has 0 bridgehead atoms. The lowest BCUT2D eigenvalue weighted by atomic mass is 10.0. The highest BCUT2D eigenvalue weighted by atomic mass is 32.2. The maximum absolute atomic E-state index is 11.3. The van der Waals surface area contributed by atoms with E-state index in [1.54, 1.807) is 24.4 Å². The van der Waals surface area contributed by atoms with Gasteiger partial charge in [-0.2, -0.15) is 5.26 Å². The number of hydrogen-bond acceptors (Lipinski definition) is 3. The Balaban J connectivity index is 1.89. The molecule has 3 aromatic rings. The number of nitrogens with zero attached hydrogens (tertiary/aromatic N) is 2. The number of hydrogen-bond donors (Lipinski definition) is 0. The quantitative estimate of drug-likeness (QED) is 0.289. The lowest BCUT2D eigenvalue weighted by Crippen LogP contribution is -2.19. The molecule has 0 amide bonds.